The molecule has 11 heteroatoms. The van der Waals surface area contributed by atoms with E-state index < -0.39 is 12.1 Å². The van der Waals surface area contributed by atoms with Crippen LogP contribution in [0.15, 0.2) is 12.4 Å². The van der Waals surface area contributed by atoms with Crippen LogP contribution >= 0.6 is 0 Å². The largest absolute Gasteiger partial charge is 0.490 e. The number of hydrogen-bond acceptors (Lipinski definition) is 6. The molecule has 3 fully saturated rings. The van der Waals surface area contributed by atoms with Gasteiger partial charge in [-0.3, -0.25) is 9.58 Å². The first-order valence-electron chi connectivity index (χ1n) is 11.0. The molecule has 8 nitrogen and oxygen atoms in total. The van der Waals surface area contributed by atoms with E-state index in [1.54, 1.807) is 0 Å². The minimum absolute atomic E-state index is 0.277. The average Bonchev–Trinajstić information content (AvgIpc) is 3.34. The van der Waals surface area contributed by atoms with Crippen molar-refractivity contribution in [1.82, 2.24) is 14.7 Å². The van der Waals surface area contributed by atoms with Crippen LogP contribution in [0.25, 0.3) is 0 Å². The number of ether oxygens (including phenoxy) is 3. The Labute approximate surface area is 185 Å². The predicted molar refractivity (Wildman–Crippen MR) is 108 cm³/mol. The van der Waals surface area contributed by atoms with E-state index in [-0.39, 0.29) is 6.10 Å². The van der Waals surface area contributed by atoms with Gasteiger partial charge in [-0.2, -0.15) is 18.3 Å². The number of carboxylic acids is 1. The van der Waals surface area contributed by atoms with Crippen molar-refractivity contribution in [2.24, 2.45) is 13.0 Å². The van der Waals surface area contributed by atoms with Crippen LogP contribution < -0.4 is 0 Å². The van der Waals surface area contributed by atoms with Crippen molar-refractivity contribution in [3.63, 3.8) is 0 Å². The molecule has 3 aliphatic rings. The summed E-state index contributed by atoms with van der Waals surface area (Å²) in [5.74, 6) is -2.08. The molecule has 1 aromatic rings. The van der Waals surface area contributed by atoms with Crippen LogP contribution in [0.4, 0.5) is 13.2 Å². The number of hydrogen-bond donors (Lipinski definition) is 1. The third kappa shape index (κ3) is 7.43. The molecule has 0 unspecified atom stereocenters. The van der Waals surface area contributed by atoms with E-state index in [0.717, 1.165) is 65.2 Å². The van der Waals surface area contributed by atoms with E-state index in [0.29, 0.717) is 18.1 Å². The van der Waals surface area contributed by atoms with E-state index >= 15 is 0 Å². The molecule has 0 aromatic carbocycles. The zero-order valence-electron chi connectivity index (χ0n) is 18.3. The lowest BCUT2D eigenvalue weighted by molar-refractivity contribution is -0.192. The number of aryl methyl sites for hydroxylation is 1. The number of halogens is 3. The van der Waals surface area contributed by atoms with Gasteiger partial charge in [0, 0.05) is 57.8 Å². The normalized spacial score (nSPS) is 26.9. The van der Waals surface area contributed by atoms with Gasteiger partial charge in [-0.15, -0.1) is 0 Å². The van der Waals surface area contributed by atoms with Crippen LogP contribution in [0, 0.1) is 5.92 Å². The average molecular weight is 463 g/mol. The van der Waals surface area contributed by atoms with Crippen molar-refractivity contribution in [3.05, 3.63) is 18.0 Å². The molecule has 32 heavy (non-hydrogen) atoms. The van der Waals surface area contributed by atoms with Gasteiger partial charge < -0.3 is 19.3 Å². The molecule has 0 aliphatic carbocycles. The van der Waals surface area contributed by atoms with Crippen LogP contribution in [0.2, 0.25) is 0 Å². The first-order valence-corrected chi connectivity index (χ1v) is 11.0. The first kappa shape index (κ1) is 24.9. The maximum absolute atomic E-state index is 10.6. The van der Waals surface area contributed by atoms with Crippen molar-refractivity contribution < 1.29 is 37.3 Å². The Morgan fingerprint density at radius 3 is 2.56 bits per heavy atom. The number of alkyl halides is 3. The highest BCUT2D eigenvalue weighted by atomic mass is 19.4. The van der Waals surface area contributed by atoms with Gasteiger partial charge in [0.2, 0.25) is 0 Å². The molecule has 0 spiro atoms. The summed E-state index contributed by atoms with van der Waals surface area (Å²) in [6.07, 6.45) is 5.41. The van der Waals surface area contributed by atoms with Crippen molar-refractivity contribution >= 4 is 5.97 Å². The minimum Gasteiger partial charge on any atom is -0.475 e. The molecule has 1 N–H and O–H groups in total. The van der Waals surface area contributed by atoms with Crippen molar-refractivity contribution in [2.75, 3.05) is 33.0 Å². The summed E-state index contributed by atoms with van der Waals surface area (Å²) in [5.41, 5.74) is 1.30. The quantitative estimate of drug-likeness (QED) is 0.694. The second-order valence-corrected chi connectivity index (χ2v) is 8.62. The van der Waals surface area contributed by atoms with Gasteiger partial charge in [0.05, 0.1) is 25.0 Å². The van der Waals surface area contributed by atoms with Crippen molar-refractivity contribution in [1.29, 1.82) is 0 Å². The molecule has 3 aliphatic heterocycles. The smallest absolute Gasteiger partial charge is 0.475 e. The zero-order chi connectivity index (χ0) is 23.1. The van der Waals surface area contributed by atoms with E-state index in [9.17, 15) is 13.2 Å². The Balaban J connectivity index is 0.000000360. The summed E-state index contributed by atoms with van der Waals surface area (Å²) in [5, 5.41) is 11.4. The second-order valence-electron chi connectivity index (χ2n) is 8.62. The Kier molecular flexibility index (Phi) is 8.92. The Morgan fingerprint density at radius 1 is 1.22 bits per heavy atom. The minimum atomic E-state index is -5.08. The number of aliphatic carboxylic acids is 1. The molecule has 0 radical (unpaired) electrons. The highest BCUT2D eigenvalue weighted by Gasteiger charge is 2.40. The topological polar surface area (TPSA) is 86.0 Å². The molecule has 0 saturated carbocycles. The van der Waals surface area contributed by atoms with Crippen LogP contribution in [-0.4, -0.2) is 83.2 Å². The Morgan fingerprint density at radius 2 is 1.94 bits per heavy atom. The summed E-state index contributed by atoms with van der Waals surface area (Å²) >= 11 is 0. The molecule has 4 heterocycles. The summed E-state index contributed by atoms with van der Waals surface area (Å²) < 4.78 is 51.4. The summed E-state index contributed by atoms with van der Waals surface area (Å²) in [4.78, 5) is 11.5. The fourth-order valence-electron chi connectivity index (χ4n) is 4.47. The van der Waals surface area contributed by atoms with E-state index in [2.05, 4.69) is 16.2 Å². The molecule has 4 rings (SSSR count). The number of fused-ring (bicyclic) bond motifs is 1. The van der Waals surface area contributed by atoms with Crippen LogP contribution in [0.5, 0.6) is 0 Å². The van der Waals surface area contributed by atoms with Crippen molar-refractivity contribution in [2.45, 2.75) is 63.1 Å². The third-order valence-corrected chi connectivity index (χ3v) is 6.14. The maximum Gasteiger partial charge on any atom is 0.490 e. The lowest BCUT2D eigenvalue weighted by Crippen LogP contribution is -2.43. The molecule has 0 bridgehead atoms. The van der Waals surface area contributed by atoms with Crippen molar-refractivity contribution in [3.8, 4) is 0 Å². The van der Waals surface area contributed by atoms with Gasteiger partial charge in [-0.1, -0.05) is 0 Å². The van der Waals surface area contributed by atoms with Gasteiger partial charge in [0.15, 0.2) is 0 Å². The fraction of sp³-hybridized carbons (Fsp3) is 0.810. The molecular weight excluding hydrogens is 431 g/mol. The fourth-order valence-corrected chi connectivity index (χ4v) is 4.47. The molecule has 3 saturated heterocycles. The van der Waals surface area contributed by atoms with Gasteiger partial charge in [0.1, 0.15) is 0 Å². The maximum atomic E-state index is 10.6. The monoisotopic (exact) mass is 463 g/mol. The highest BCUT2D eigenvalue weighted by Crippen LogP contribution is 2.32. The lowest BCUT2D eigenvalue weighted by Gasteiger charge is -2.36. The van der Waals surface area contributed by atoms with Crippen LogP contribution in [0.3, 0.4) is 0 Å². The molecular formula is C21H32F3N3O5. The standard InChI is InChI=1S/C19H31N3O3.C2HF3O2/c1-21-11-16(10-20-21)12-22-7-4-19-18(22)3-2-17(25-19)14-24-13-15-5-8-23-9-6-15;3-2(4,5)1(6)7/h10-11,15,17-19H,2-9,12-14H2,1H3;(H,6,7)/t17-,18-,19-;/m0./s1. The van der Waals surface area contributed by atoms with Gasteiger partial charge >= 0.3 is 12.1 Å². The number of carboxylic acid groups (broad SMARTS) is 1. The van der Waals surface area contributed by atoms with Gasteiger partial charge in [-0.25, -0.2) is 4.79 Å². The van der Waals surface area contributed by atoms with Crippen LogP contribution in [-0.2, 0) is 32.6 Å². The Hall–Kier alpha value is -1.69. The highest BCUT2D eigenvalue weighted by molar-refractivity contribution is 5.73. The molecule has 1 aromatic heterocycles. The number of rotatable bonds is 6. The number of carbonyl (C=O) groups is 1. The predicted octanol–water partition coefficient (Wildman–Crippen LogP) is 2.62. The lowest BCUT2D eigenvalue weighted by atomic mass is 9.99. The number of aromatic nitrogens is 2. The summed E-state index contributed by atoms with van der Waals surface area (Å²) in [6, 6.07) is 0.562. The molecule has 3 atom stereocenters. The van der Waals surface area contributed by atoms with E-state index in [1.807, 2.05) is 17.9 Å². The SMILES string of the molecule is Cn1cc(CN2CC[C@@H]3O[C@H](COCC4CCOCC4)CC[C@@H]32)cn1.O=C(O)C(F)(F)F. The molecule has 182 valence electrons. The third-order valence-electron chi connectivity index (χ3n) is 6.14. The van der Waals surface area contributed by atoms with Gasteiger partial charge in [-0.05, 0) is 38.0 Å². The zero-order valence-corrected chi connectivity index (χ0v) is 18.3. The molecule has 0 amide bonds. The summed E-state index contributed by atoms with van der Waals surface area (Å²) in [7, 11) is 1.98. The second kappa shape index (κ2) is 11.4. The summed E-state index contributed by atoms with van der Waals surface area (Å²) in [6.45, 7) is 5.52. The van der Waals surface area contributed by atoms with Crippen LogP contribution in [0.1, 0.15) is 37.7 Å². The Bertz CT molecular complexity index is 724. The van der Waals surface area contributed by atoms with E-state index in [4.69, 9.17) is 24.1 Å². The number of nitrogens with zero attached hydrogens (tertiary/aromatic N) is 3. The number of likely N-dealkylation sites (tertiary alicyclic amines) is 1. The van der Waals surface area contributed by atoms with Gasteiger partial charge in [0.25, 0.3) is 0 Å². The van der Waals surface area contributed by atoms with E-state index in [1.165, 1.54) is 12.0 Å². The first-order chi connectivity index (χ1) is 15.2.